The molecule has 4 heterocycles. The third kappa shape index (κ3) is 3.11. The van der Waals surface area contributed by atoms with Crippen molar-refractivity contribution in [2.24, 2.45) is 0 Å². The topological polar surface area (TPSA) is 60.5 Å². The smallest absolute Gasteiger partial charge is 0.165 e. The monoisotopic (exact) mass is 360 g/mol. The van der Waals surface area contributed by atoms with Gasteiger partial charge in [0, 0.05) is 50.1 Å². The van der Waals surface area contributed by atoms with E-state index in [0.29, 0.717) is 0 Å². The Kier molecular flexibility index (Phi) is 4.16. The summed E-state index contributed by atoms with van der Waals surface area (Å²) in [5, 5.41) is 4.37. The van der Waals surface area contributed by atoms with E-state index >= 15 is 0 Å². The van der Waals surface area contributed by atoms with Gasteiger partial charge in [0.25, 0.3) is 0 Å². The van der Waals surface area contributed by atoms with Gasteiger partial charge in [0.2, 0.25) is 0 Å². The molecule has 7 nitrogen and oxygen atoms in total. The molecule has 0 unspecified atom stereocenters. The number of aromatic nitrogens is 5. The number of fused-ring (bicyclic) bond motifs is 1. The maximum absolute atomic E-state index is 5.42. The standard InChI is InChI=1S/C20H20N6O/c1-6-21-20-18(14-23-26(20)8-1)19-22-7-9-25(19)17-4-2-16(3-5-17)15-24-10-12-27-13-11-24/h1-9,14H,10-13,15H2. The molecule has 5 rings (SSSR count). The second kappa shape index (κ2) is 6.94. The molecule has 0 N–H and O–H groups in total. The van der Waals surface area contributed by atoms with Gasteiger partial charge >= 0.3 is 0 Å². The molecule has 1 fully saturated rings. The van der Waals surface area contributed by atoms with Crippen molar-refractivity contribution in [2.75, 3.05) is 26.3 Å². The third-order valence-electron chi connectivity index (χ3n) is 4.89. The highest BCUT2D eigenvalue weighted by Gasteiger charge is 2.15. The Hall–Kier alpha value is -3.03. The Morgan fingerprint density at radius 3 is 2.67 bits per heavy atom. The number of hydrogen-bond donors (Lipinski definition) is 0. The van der Waals surface area contributed by atoms with E-state index in [1.165, 1.54) is 5.56 Å². The summed E-state index contributed by atoms with van der Waals surface area (Å²) < 4.78 is 9.26. The van der Waals surface area contributed by atoms with Crippen LogP contribution in [-0.2, 0) is 11.3 Å². The summed E-state index contributed by atoms with van der Waals surface area (Å²) in [6.45, 7) is 4.59. The molecule has 0 bridgehead atoms. The van der Waals surface area contributed by atoms with Crippen LogP contribution in [0.2, 0.25) is 0 Å². The lowest BCUT2D eigenvalue weighted by Gasteiger charge is -2.26. The number of hydrogen-bond acceptors (Lipinski definition) is 5. The summed E-state index contributed by atoms with van der Waals surface area (Å²) in [6, 6.07) is 10.5. The Bertz CT molecular complexity index is 1050. The lowest BCUT2D eigenvalue weighted by Crippen LogP contribution is -2.35. The Morgan fingerprint density at radius 2 is 1.81 bits per heavy atom. The van der Waals surface area contributed by atoms with Gasteiger partial charge in [0.05, 0.1) is 25.0 Å². The summed E-state index contributed by atoms with van der Waals surface area (Å²) in [7, 11) is 0. The Balaban J connectivity index is 1.43. The normalized spacial score (nSPS) is 15.4. The average Bonchev–Trinajstić information content (AvgIpc) is 3.36. The lowest BCUT2D eigenvalue weighted by molar-refractivity contribution is 0.0342. The van der Waals surface area contributed by atoms with Crippen LogP contribution in [0.15, 0.2) is 61.3 Å². The minimum Gasteiger partial charge on any atom is -0.379 e. The molecule has 1 aliphatic heterocycles. The van der Waals surface area contributed by atoms with Crippen LogP contribution in [-0.4, -0.2) is 55.4 Å². The first-order valence-corrected chi connectivity index (χ1v) is 9.10. The first kappa shape index (κ1) is 16.2. The number of rotatable bonds is 4. The Labute approximate surface area is 156 Å². The van der Waals surface area contributed by atoms with E-state index in [1.807, 2.05) is 30.9 Å². The van der Waals surface area contributed by atoms with Crippen LogP contribution < -0.4 is 0 Å². The SMILES string of the molecule is c1cnc2c(-c3nccn3-c3ccc(CN4CCOCC4)cc3)cnn2c1. The molecule has 0 aliphatic carbocycles. The maximum Gasteiger partial charge on any atom is 0.165 e. The second-order valence-corrected chi connectivity index (χ2v) is 6.62. The molecule has 0 radical (unpaired) electrons. The molecule has 27 heavy (non-hydrogen) atoms. The van der Waals surface area contributed by atoms with Gasteiger partial charge in [0.15, 0.2) is 5.65 Å². The van der Waals surface area contributed by atoms with Crippen molar-refractivity contribution in [3.63, 3.8) is 0 Å². The molecule has 3 aromatic heterocycles. The maximum atomic E-state index is 5.42. The molecule has 0 spiro atoms. The quantitative estimate of drug-likeness (QED) is 0.559. The van der Waals surface area contributed by atoms with Crippen LogP contribution >= 0.6 is 0 Å². The Morgan fingerprint density at radius 1 is 0.963 bits per heavy atom. The van der Waals surface area contributed by atoms with Crippen molar-refractivity contribution >= 4 is 5.65 Å². The zero-order valence-corrected chi connectivity index (χ0v) is 14.9. The van der Waals surface area contributed by atoms with E-state index in [0.717, 1.165) is 55.6 Å². The van der Waals surface area contributed by atoms with Crippen molar-refractivity contribution in [2.45, 2.75) is 6.54 Å². The summed E-state index contributed by atoms with van der Waals surface area (Å²) in [6.07, 6.45) is 9.25. The predicted molar refractivity (Wildman–Crippen MR) is 102 cm³/mol. The molecule has 0 saturated carbocycles. The number of morpholine rings is 1. The van der Waals surface area contributed by atoms with E-state index in [1.54, 1.807) is 10.7 Å². The number of benzene rings is 1. The zero-order chi connectivity index (χ0) is 18.1. The highest BCUT2D eigenvalue weighted by atomic mass is 16.5. The van der Waals surface area contributed by atoms with Gasteiger partial charge in [-0.1, -0.05) is 12.1 Å². The highest BCUT2D eigenvalue weighted by Crippen LogP contribution is 2.24. The van der Waals surface area contributed by atoms with Gasteiger partial charge in [-0.15, -0.1) is 0 Å². The van der Waals surface area contributed by atoms with Crippen LogP contribution in [0.5, 0.6) is 0 Å². The van der Waals surface area contributed by atoms with Gasteiger partial charge < -0.3 is 4.74 Å². The molecule has 1 aromatic carbocycles. The molecule has 0 atom stereocenters. The van der Waals surface area contributed by atoms with Crippen molar-refractivity contribution in [1.82, 2.24) is 29.0 Å². The molecule has 136 valence electrons. The number of imidazole rings is 1. The predicted octanol–water partition coefficient (Wildman–Crippen LogP) is 2.41. The lowest BCUT2D eigenvalue weighted by atomic mass is 10.2. The molecule has 1 aliphatic rings. The number of nitrogens with zero attached hydrogens (tertiary/aromatic N) is 6. The highest BCUT2D eigenvalue weighted by molar-refractivity contribution is 5.73. The summed E-state index contributed by atoms with van der Waals surface area (Å²) in [4.78, 5) is 11.4. The van der Waals surface area contributed by atoms with Crippen LogP contribution in [0.1, 0.15) is 5.56 Å². The van der Waals surface area contributed by atoms with Crippen molar-refractivity contribution < 1.29 is 4.74 Å². The summed E-state index contributed by atoms with van der Waals surface area (Å²) in [5.74, 6) is 0.838. The fraction of sp³-hybridized carbons (Fsp3) is 0.250. The van der Waals surface area contributed by atoms with Crippen LogP contribution in [0, 0.1) is 0 Å². The first-order chi connectivity index (χ1) is 13.4. The van der Waals surface area contributed by atoms with E-state index in [-0.39, 0.29) is 0 Å². The van der Waals surface area contributed by atoms with Gasteiger partial charge in [-0.2, -0.15) is 5.10 Å². The van der Waals surface area contributed by atoms with Crippen LogP contribution in [0.25, 0.3) is 22.7 Å². The van der Waals surface area contributed by atoms with Gasteiger partial charge in [0.1, 0.15) is 5.82 Å². The second-order valence-electron chi connectivity index (χ2n) is 6.62. The average molecular weight is 360 g/mol. The fourth-order valence-electron chi connectivity index (χ4n) is 3.48. The van der Waals surface area contributed by atoms with Crippen molar-refractivity contribution in [3.8, 4) is 17.1 Å². The number of ether oxygens (including phenoxy) is 1. The van der Waals surface area contributed by atoms with E-state index in [2.05, 4.69) is 48.8 Å². The van der Waals surface area contributed by atoms with E-state index in [9.17, 15) is 0 Å². The van der Waals surface area contributed by atoms with Crippen molar-refractivity contribution in [1.29, 1.82) is 0 Å². The molecular formula is C20H20N6O. The van der Waals surface area contributed by atoms with Crippen LogP contribution in [0.3, 0.4) is 0 Å². The summed E-state index contributed by atoms with van der Waals surface area (Å²) >= 11 is 0. The molecule has 7 heteroatoms. The third-order valence-corrected chi connectivity index (χ3v) is 4.89. The van der Waals surface area contributed by atoms with Crippen molar-refractivity contribution in [3.05, 3.63) is 66.9 Å². The van der Waals surface area contributed by atoms with Gasteiger partial charge in [-0.05, 0) is 23.8 Å². The van der Waals surface area contributed by atoms with Gasteiger partial charge in [-0.3, -0.25) is 9.47 Å². The van der Waals surface area contributed by atoms with Crippen LogP contribution in [0.4, 0.5) is 0 Å². The fourth-order valence-corrected chi connectivity index (χ4v) is 3.48. The molecule has 0 amide bonds. The minimum absolute atomic E-state index is 0.800. The molecule has 4 aromatic rings. The van der Waals surface area contributed by atoms with Gasteiger partial charge in [-0.25, -0.2) is 14.5 Å². The first-order valence-electron chi connectivity index (χ1n) is 9.10. The van der Waals surface area contributed by atoms with E-state index < -0.39 is 0 Å². The molecular weight excluding hydrogens is 340 g/mol. The zero-order valence-electron chi connectivity index (χ0n) is 14.9. The van der Waals surface area contributed by atoms with E-state index in [4.69, 9.17) is 4.74 Å². The summed E-state index contributed by atoms with van der Waals surface area (Å²) in [5.41, 5.74) is 4.09. The molecule has 1 saturated heterocycles. The largest absolute Gasteiger partial charge is 0.379 e. The minimum atomic E-state index is 0.800.